The smallest absolute Gasteiger partial charge is 0.0410 e. The quantitative estimate of drug-likeness (QED) is 0.808. The first-order valence-electron chi connectivity index (χ1n) is 5.10. The van der Waals surface area contributed by atoms with Gasteiger partial charge in [0.1, 0.15) is 0 Å². The number of hydrogen-bond acceptors (Lipinski definition) is 3. The van der Waals surface area contributed by atoms with E-state index >= 15 is 0 Å². The van der Waals surface area contributed by atoms with E-state index in [0.717, 1.165) is 35.9 Å². The Morgan fingerprint density at radius 1 is 1.33 bits per heavy atom. The number of nitrogens with two attached hydrogens (primary N) is 1. The Hall–Kier alpha value is -0.380. The van der Waals surface area contributed by atoms with Crippen molar-refractivity contribution >= 4 is 29.1 Å². The standard InChI is InChI=1S/C11H15ClN2S/c12-10-1-2-11(13)9(7-10)8-14-3-5-15-6-4-14/h1-2,7H,3-6,8,13H2. The summed E-state index contributed by atoms with van der Waals surface area (Å²) in [5.41, 5.74) is 7.91. The average molecular weight is 243 g/mol. The largest absolute Gasteiger partial charge is 0.398 e. The van der Waals surface area contributed by atoms with Crippen LogP contribution in [0, 0.1) is 0 Å². The van der Waals surface area contributed by atoms with Crippen molar-refractivity contribution in [3.8, 4) is 0 Å². The molecule has 0 radical (unpaired) electrons. The summed E-state index contributed by atoms with van der Waals surface area (Å²) in [6, 6.07) is 5.70. The van der Waals surface area contributed by atoms with Gasteiger partial charge in [-0.1, -0.05) is 11.6 Å². The van der Waals surface area contributed by atoms with Crippen LogP contribution in [0.15, 0.2) is 18.2 Å². The summed E-state index contributed by atoms with van der Waals surface area (Å²) in [4.78, 5) is 2.43. The minimum absolute atomic E-state index is 0.769. The molecule has 1 aromatic rings. The zero-order chi connectivity index (χ0) is 10.7. The van der Waals surface area contributed by atoms with Gasteiger partial charge in [0.05, 0.1) is 0 Å². The maximum atomic E-state index is 5.96. The van der Waals surface area contributed by atoms with E-state index in [-0.39, 0.29) is 0 Å². The maximum absolute atomic E-state index is 5.96. The molecule has 0 aromatic heterocycles. The van der Waals surface area contributed by atoms with Crippen LogP contribution < -0.4 is 5.73 Å². The van der Waals surface area contributed by atoms with Crippen LogP contribution in [-0.2, 0) is 6.54 Å². The van der Waals surface area contributed by atoms with Crippen LogP contribution in [0.2, 0.25) is 5.02 Å². The molecule has 0 saturated carbocycles. The number of anilines is 1. The number of benzene rings is 1. The first kappa shape index (κ1) is 11.1. The van der Waals surface area contributed by atoms with Gasteiger partial charge in [-0.05, 0) is 23.8 Å². The van der Waals surface area contributed by atoms with Crippen LogP contribution >= 0.6 is 23.4 Å². The highest BCUT2D eigenvalue weighted by Crippen LogP contribution is 2.21. The predicted octanol–water partition coefficient (Wildman–Crippen LogP) is 2.47. The lowest BCUT2D eigenvalue weighted by atomic mass is 10.1. The van der Waals surface area contributed by atoms with E-state index in [9.17, 15) is 0 Å². The van der Waals surface area contributed by atoms with Gasteiger partial charge in [-0.25, -0.2) is 0 Å². The van der Waals surface area contributed by atoms with E-state index in [1.165, 1.54) is 11.5 Å². The van der Waals surface area contributed by atoms with Crippen LogP contribution in [0.1, 0.15) is 5.56 Å². The van der Waals surface area contributed by atoms with E-state index in [2.05, 4.69) is 4.90 Å². The number of thioether (sulfide) groups is 1. The van der Waals surface area contributed by atoms with Gasteiger partial charge in [0.15, 0.2) is 0 Å². The van der Waals surface area contributed by atoms with Gasteiger partial charge in [-0.15, -0.1) is 0 Å². The molecule has 4 heteroatoms. The van der Waals surface area contributed by atoms with Crippen LogP contribution in [0.3, 0.4) is 0 Å². The summed E-state index contributed by atoms with van der Waals surface area (Å²) in [5.74, 6) is 2.45. The van der Waals surface area contributed by atoms with Crippen molar-refractivity contribution in [2.75, 3.05) is 30.3 Å². The number of nitrogen functional groups attached to an aromatic ring is 1. The highest BCUT2D eigenvalue weighted by Gasteiger charge is 2.12. The molecule has 1 aliphatic rings. The molecular weight excluding hydrogens is 228 g/mol. The Morgan fingerprint density at radius 3 is 2.80 bits per heavy atom. The summed E-state index contributed by atoms with van der Waals surface area (Å²) in [6.07, 6.45) is 0. The fourth-order valence-corrected chi connectivity index (χ4v) is 2.88. The fraction of sp³-hybridized carbons (Fsp3) is 0.455. The SMILES string of the molecule is Nc1ccc(Cl)cc1CN1CCSCC1. The number of halogens is 1. The number of nitrogens with zero attached hydrogens (tertiary/aromatic N) is 1. The zero-order valence-corrected chi connectivity index (χ0v) is 10.2. The third-order valence-corrected chi connectivity index (χ3v) is 3.78. The molecule has 1 aliphatic heterocycles. The topological polar surface area (TPSA) is 29.3 Å². The van der Waals surface area contributed by atoms with Crippen LogP contribution in [0.5, 0.6) is 0 Å². The summed E-state index contributed by atoms with van der Waals surface area (Å²) in [6.45, 7) is 3.22. The Kier molecular flexibility index (Phi) is 3.78. The van der Waals surface area contributed by atoms with Gasteiger partial charge in [-0.2, -0.15) is 11.8 Å². The molecule has 0 spiro atoms. The molecule has 2 N–H and O–H groups in total. The average Bonchev–Trinajstić information content (AvgIpc) is 2.25. The fourth-order valence-electron chi connectivity index (χ4n) is 1.71. The summed E-state index contributed by atoms with van der Waals surface area (Å²) < 4.78 is 0. The Labute approximate surface area is 99.8 Å². The molecule has 82 valence electrons. The normalized spacial score (nSPS) is 17.9. The van der Waals surface area contributed by atoms with E-state index in [4.69, 9.17) is 17.3 Å². The van der Waals surface area contributed by atoms with Gasteiger partial charge in [0, 0.05) is 41.8 Å². The first-order chi connectivity index (χ1) is 7.25. The van der Waals surface area contributed by atoms with Crippen molar-refractivity contribution in [2.24, 2.45) is 0 Å². The van der Waals surface area contributed by atoms with E-state index in [1.54, 1.807) is 0 Å². The Morgan fingerprint density at radius 2 is 2.07 bits per heavy atom. The molecule has 0 aliphatic carbocycles. The first-order valence-corrected chi connectivity index (χ1v) is 6.63. The van der Waals surface area contributed by atoms with E-state index in [0.29, 0.717) is 0 Å². The minimum atomic E-state index is 0.769. The molecule has 2 rings (SSSR count). The molecular formula is C11H15ClN2S. The van der Waals surface area contributed by atoms with Gasteiger partial charge >= 0.3 is 0 Å². The van der Waals surface area contributed by atoms with E-state index in [1.807, 2.05) is 30.0 Å². The van der Waals surface area contributed by atoms with Crippen LogP contribution in [0.4, 0.5) is 5.69 Å². The van der Waals surface area contributed by atoms with Crippen molar-refractivity contribution in [3.05, 3.63) is 28.8 Å². The van der Waals surface area contributed by atoms with Gasteiger partial charge in [0.25, 0.3) is 0 Å². The van der Waals surface area contributed by atoms with Crippen LogP contribution in [0.25, 0.3) is 0 Å². The minimum Gasteiger partial charge on any atom is -0.398 e. The molecule has 1 heterocycles. The van der Waals surface area contributed by atoms with Gasteiger partial charge < -0.3 is 5.73 Å². The van der Waals surface area contributed by atoms with Crippen molar-refractivity contribution in [3.63, 3.8) is 0 Å². The monoisotopic (exact) mass is 242 g/mol. The van der Waals surface area contributed by atoms with Crippen molar-refractivity contribution in [1.29, 1.82) is 0 Å². The Bertz CT molecular complexity index is 337. The molecule has 15 heavy (non-hydrogen) atoms. The van der Waals surface area contributed by atoms with E-state index < -0.39 is 0 Å². The molecule has 1 aromatic carbocycles. The lowest BCUT2D eigenvalue weighted by Crippen LogP contribution is -2.32. The molecule has 0 amide bonds. The molecule has 1 saturated heterocycles. The zero-order valence-electron chi connectivity index (χ0n) is 8.58. The molecule has 0 bridgehead atoms. The predicted molar refractivity (Wildman–Crippen MR) is 68.5 cm³/mol. The second-order valence-corrected chi connectivity index (χ2v) is 5.39. The summed E-state index contributed by atoms with van der Waals surface area (Å²) >= 11 is 7.97. The van der Waals surface area contributed by atoms with Gasteiger partial charge in [-0.3, -0.25) is 4.90 Å². The lowest BCUT2D eigenvalue weighted by Gasteiger charge is -2.26. The van der Waals surface area contributed by atoms with Crippen molar-refractivity contribution < 1.29 is 0 Å². The molecule has 1 fully saturated rings. The maximum Gasteiger partial charge on any atom is 0.0410 e. The van der Waals surface area contributed by atoms with Crippen molar-refractivity contribution in [1.82, 2.24) is 4.90 Å². The van der Waals surface area contributed by atoms with Gasteiger partial charge in [0.2, 0.25) is 0 Å². The van der Waals surface area contributed by atoms with Crippen LogP contribution in [-0.4, -0.2) is 29.5 Å². The second kappa shape index (κ2) is 5.10. The summed E-state index contributed by atoms with van der Waals surface area (Å²) in [7, 11) is 0. The second-order valence-electron chi connectivity index (χ2n) is 3.73. The highest BCUT2D eigenvalue weighted by molar-refractivity contribution is 7.99. The lowest BCUT2D eigenvalue weighted by molar-refractivity contribution is 0.295. The van der Waals surface area contributed by atoms with Crippen molar-refractivity contribution in [2.45, 2.75) is 6.54 Å². The number of hydrogen-bond donors (Lipinski definition) is 1. The third kappa shape index (κ3) is 3.03. The Balaban J connectivity index is 2.05. The number of rotatable bonds is 2. The highest BCUT2D eigenvalue weighted by atomic mass is 35.5. The molecule has 2 nitrogen and oxygen atoms in total. The summed E-state index contributed by atoms with van der Waals surface area (Å²) in [5, 5.41) is 0.769. The third-order valence-electron chi connectivity index (χ3n) is 2.60. The molecule has 0 atom stereocenters. The molecule has 0 unspecified atom stereocenters.